The molecule has 0 aliphatic rings. The third kappa shape index (κ3) is 6.05. The first kappa shape index (κ1) is 14.5. The summed E-state index contributed by atoms with van der Waals surface area (Å²) < 4.78 is 6.63. The summed E-state index contributed by atoms with van der Waals surface area (Å²) in [7, 11) is 0. The molecule has 0 aromatic heterocycles. The molecule has 2 N–H and O–H groups in total. The lowest BCUT2D eigenvalue weighted by Crippen LogP contribution is -2.32. The van der Waals surface area contributed by atoms with Gasteiger partial charge in [-0.1, -0.05) is 28.9 Å². The fourth-order valence-corrected chi connectivity index (χ4v) is 1.97. The lowest BCUT2D eigenvalue weighted by Gasteiger charge is -2.15. The van der Waals surface area contributed by atoms with E-state index in [0.717, 1.165) is 29.6 Å². The molecule has 1 aromatic rings. The molecule has 0 amide bonds. The topological polar surface area (TPSA) is 41.5 Å². The van der Waals surface area contributed by atoms with Crippen molar-refractivity contribution in [1.29, 1.82) is 0 Å². The molecule has 0 spiro atoms. The maximum atomic E-state index is 8.86. The summed E-state index contributed by atoms with van der Waals surface area (Å²) in [5, 5.41) is 12.2. The van der Waals surface area contributed by atoms with E-state index in [4.69, 9.17) is 9.84 Å². The Hall–Kier alpha value is -0.580. The van der Waals surface area contributed by atoms with Gasteiger partial charge in [-0.25, -0.2) is 0 Å². The SMILES string of the molecule is CCC(CCO)NCCOc1cccc(Br)c1. The van der Waals surface area contributed by atoms with E-state index in [2.05, 4.69) is 28.2 Å². The van der Waals surface area contributed by atoms with Crippen molar-refractivity contribution < 1.29 is 9.84 Å². The molecular weight excluding hydrogens is 282 g/mol. The van der Waals surface area contributed by atoms with Gasteiger partial charge in [-0.3, -0.25) is 0 Å². The summed E-state index contributed by atoms with van der Waals surface area (Å²) in [4.78, 5) is 0. The molecule has 4 heteroatoms. The second-order valence-corrected chi connectivity index (χ2v) is 4.79. The fourth-order valence-electron chi connectivity index (χ4n) is 1.60. The highest BCUT2D eigenvalue weighted by atomic mass is 79.9. The van der Waals surface area contributed by atoms with Crippen molar-refractivity contribution in [2.45, 2.75) is 25.8 Å². The molecule has 0 aliphatic heterocycles. The molecule has 96 valence electrons. The Bertz CT molecular complexity index is 320. The van der Waals surface area contributed by atoms with Crippen LogP contribution in [0, 0.1) is 0 Å². The molecule has 17 heavy (non-hydrogen) atoms. The van der Waals surface area contributed by atoms with Crippen molar-refractivity contribution in [2.24, 2.45) is 0 Å². The second kappa shape index (κ2) is 8.50. The van der Waals surface area contributed by atoms with Gasteiger partial charge in [0.2, 0.25) is 0 Å². The average molecular weight is 302 g/mol. The summed E-state index contributed by atoms with van der Waals surface area (Å²) in [6, 6.07) is 8.19. The lowest BCUT2D eigenvalue weighted by molar-refractivity contribution is 0.252. The molecule has 1 atom stereocenters. The largest absolute Gasteiger partial charge is 0.492 e. The number of hydrogen-bond donors (Lipinski definition) is 2. The van der Waals surface area contributed by atoms with E-state index in [1.165, 1.54) is 0 Å². The maximum absolute atomic E-state index is 8.86. The number of hydrogen-bond acceptors (Lipinski definition) is 3. The average Bonchev–Trinajstić information content (AvgIpc) is 2.33. The van der Waals surface area contributed by atoms with Gasteiger partial charge in [-0.2, -0.15) is 0 Å². The fraction of sp³-hybridized carbons (Fsp3) is 0.538. The number of nitrogens with one attached hydrogen (secondary N) is 1. The van der Waals surface area contributed by atoms with Crippen LogP contribution in [0.25, 0.3) is 0 Å². The Kier molecular flexibility index (Phi) is 7.24. The zero-order valence-electron chi connectivity index (χ0n) is 10.2. The molecular formula is C13H20BrNO2. The van der Waals surface area contributed by atoms with Gasteiger partial charge in [0.1, 0.15) is 12.4 Å². The van der Waals surface area contributed by atoms with E-state index in [1.807, 2.05) is 24.3 Å². The number of rotatable bonds is 8. The van der Waals surface area contributed by atoms with Gasteiger partial charge in [0.05, 0.1) is 0 Å². The zero-order chi connectivity index (χ0) is 12.5. The first-order chi connectivity index (χ1) is 8.26. The first-order valence-electron chi connectivity index (χ1n) is 5.99. The number of ether oxygens (including phenoxy) is 1. The van der Waals surface area contributed by atoms with E-state index in [9.17, 15) is 0 Å². The molecule has 3 nitrogen and oxygen atoms in total. The number of benzene rings is 1. The van der Waals surface area contributed by atoms with Gasteiger partial charge < -0.3 is 15.2 Å². The van der Waals surface area contributed by atoms with Crippen LogP contribution in [0.1, 0.15) is 19.8 Å². The molecule has 0 radical (unpaired) electrons. The van der Waals surface area contributed by atoms with Crippen molar-refractivity contribution in [3.63, 3.8) is 0 Å². The van der Waals surface area contributed by atoms with Crippen LogP contribution in [0.4, 0.5) is 0 Å². The smallest absolute Gasteiger partial charge is 0.120 e. The summed E-state index contributed by atoms with van der Waals surface area (Å²) in [6.45, 7) is 3.78. The number of aliphatic hydroxyl groups excluding tert-OH is 1. The van der Waals surface area contributed by atoms with Gasteiger partial charge in [-0.05, 0) is 31.0 Å². The molecule has 0 aliphatic carbocycles. The second-order valence-electron chi connectivity index (χ2n) is 3.88. The Morgan fingerprint density at radius 2 is 2.29 bits per heavy atom. The molecule has 0 saturated carbocycles. The quantitative estimate of drug-likeness (QED) is 0.725. The Balaban J connectivity index is 2.19. The molecule has 1 aromatic carbocycles. The molecule has 0 saturated heterocycles. The molecule has 1 rings (SSSR count). The van der Waals surface area contributed by atoms with E-state index in [0.29, 0.717) is 12.6 Å². The monoisotopic (exact) mass is 301 g/mol. The van der Waals surface area contributed by atoms with Gasteiger partial charge in [0.15, 0.2) is 0 Å². The highest BCUT2D eigenvalue weighted by Crippen LogP contribution is 2.17. The van der Waals surface area contributed by atoms with E-state index < -0.39 is 0 Å². The van der Waals surface area contributed by atoms with Crippen molar-refractivity contribution >= 4 is 15.9 Å². The van der Waals surface area contributed by atoms with Gasteiger partial charge in [-0.15, -0.1) is 0 Å². The first-order valence-corrected chi connectivity index (χ1v) is 6.78. The molecule has 0 fully saturated rings. The van der Waals surface area contributed by atoms with Crippen molar-refractivity contribution in [3.8, 4) is 5.75 Å². The van der Waals surface area contributed by atoms with Crippen molar-refractivity contribution in [3.05, 3.63) is 28.7 Å². The Morgan fingerprint density at radius 1 is 1.47 bits per heavy atom. The zero-order valence-corrected chi connectivity index (χ0v) is 11.7. The molecule has 1 unspecified atom stereocenters. The van der Waals surface area contributed by atoms with Crippen LogP contribution in [0.3, 0.4) is 0 Å². The normalized spacial score (nSPS) is 12.4. The third-order valence-corrected chi connectivity index (χ3v) is 3.06. The van der Waals surface area contributed by atoms with Crippen LogP contribution in [0.2, 0.25) is 0 Å². The van der Waals surface area contributed by atoms with Gasteiger partial charge in [0, 0.05) is 23.7 Å². The van der Waals surface area contributed by atoms with Crippen LogP contribution in [0.15, 0.2) is 28.7 Å². The highest BCUT2D eigenvalue weighted by molar-refractivity contribution is 9.10. The van der Waals surface area contributed by atoms with E-state index in [1.54, 1.807) is 0 Å². The number of halogens is 1. The van der Waals surface area contributed by atoms with Crippen LogP contribution < -0.4 is 10.1 Å². The standard InChI is InChI=1S/C13H20BrNO2/c1-2-12(6-8-16)15-7-9-17-13-5-3-4-11(14)10-13/h3-5,10,12,15-16H,2,6-9H2,1H3. The van der Waals surface area contributed by atoms with Crippen LogP contribution in [-0.2, 0) is 0 Å². The van der Waals surface area contributed by atoms with Crippen LogP contribution in [-0.4, -0.2) is 30.9 Å². The minimum absolute atomic E-state index is 0.234. The van der Waals surface area contributed by atoms with E-state index >= 15 is 0 Å². The van der Waals surface area contributed by atoms with Crippen molar-refractivity contribution in [1.82, 2.24) is 5.32 Å². The van der Waals surface area contributed by atoms with E-state index in [-0.39, 0.29) is 6.61 Å². The lowest BCUT2D eigenvalue weighted by atomic mass is 10.1. The Labute approximate surface area is 111 Å². The minimum atomic E-state index is 0.234. The highest BCUT2D eigenvalue weighted by Gasteiger charge is 2.03. The van der Waals surface area contributed by atoms with Crippen LogP contribution in [0.5, 0.6) is 5.75 Å². The van der Waals surface area contributed by atoms with Crippen LogP contribution >= 0.6 is 15.9 Å². The summed E-state index contributed by atoms with van der Waals surface area (Å²) >= 11 is 3.40. The predicted octanol–water partition coefficient (Wildman–Crippen LogP) is 2.58. The summed E-state index contributed by atoms with van der Waals surface area (Å²) in [5.74, 6) is 0.872. The van der Waals surface area contributed by atoms with Crippen molar-refractivity contribution in [2.75, 3.05) is 19.8 Å². The van der Waals surface area contributed by atoms with Gasteiger partial charge in [0.25, 0.3) is 0 Å². The number of aliphatic hydroxyl groups is 1. The predicted molar refractivity (Wildman–Crippen MR) is 73.4 cm³/mol. The maximum Gasteiger partial charge on any atom is 0.120 e. The molecule has 0 heterocycles. The van der Waals surface area contributed by atoms with Gasteiger partial charge >= 0.3 is 0 Å². The minimum Gasteiger partial charge on any atom is -0.492 e. The Morgan fingerprint density at radius 3 is 2.94 bits per heavy atom. The molecule has 0 bridgehead atoms. The summed E-state index contributed by atoms with van der Waals surface area (Å²) in [5.41, 5.74) is 0. The summed E-state index contributed by atoms with van der Waals surface area (Å²) in [6.07, 6.45) is 1.82. The third-order valence-electron chi connectivity index (χ3n) is 2.57.